The number of halogens is 1. The summed E-state index contributed by atoms with van der Waals surface area (Å²) in [5.41, 5.74) is 0. The first kappa shape index (κ1) is 8.23. The topological polar surface area (TPSA) is 12.9 Å². The molecule has 2 aromatic heterocycles. The Morgan fingerprint density at radius 3 is 2.75 bits per heavy atom. The molecule has 12 heavy (non-hydrogen) atoms. The number of aromatic nitrogens is 1. The van der Waals surface area contributed by atoms with Crippen LogP contribution in [0.1, 0.15) is 4.88 Å². The first-order chi connectivity index (χ1) is 5.75. The molecule has 0 aromatic carbocycles. The first-order valence-corrected chi connectivity index (χ1v) is 5.51. The van der Waals surface area contributed by atoms with Crippen LogP contribution in [0, 0.1) is 6.92 Å². The highest BCUT2D eigenvalue weighted by molar-refractivity contribution is 7.21. The lowest BCUT2D eigenvalue weighted by atomic mass is 10.4. The highest BCUT2D eigenvalue weighted by Gasteiger charge is 2.04. The molecule has 1 nitrogen and oxygen atoms in total. The average Bonchev–Trinajstić information content (AvgIpc) is 2.58. The first-order valence-electron chi connectivity index (χ1n) is 3.43. The number of nitrogens with zero attached hydrogens (tertiary/aromatic N) is 1. The van der Waals surface area contributed by atoms with E-state index >= 15 is 0 Å². The molecule has 0 saturated heterocycles. The van der Waals surface area contributed by atoms with Crippen molar-refractivity contribution in [1.82, 2.24) is 4.98 Å². The highest BCUT2D eigenvalue weighted by Crippen LogP contribution is 2.31. The van der Waals surface area contributed by atoms with E-state index in [2.05, 4.69) is 24.0 Å². The Morgan fingerprint density at radius 1 is 1.42 bits per heavy atom. The van der Waals surface area contributed by atoms with Crippen LogP contribution >= 0.6 is 34.3 Å². The maximum atomic E-state index is 5.72. The van der Waals surface area contributed by atoms with E-state index in [1.165, 1.54) is 9.75 Å². The maximum absolute atomic E-state index is 5.72. The molecule has 0 aliphatic heterocycles. The average molecular weight is 216 g/mol. The number of hydrogen-bond acceptors (Lipinski definition) is 3. The van der Waals surface area contributed by atoms with Crippen LogP contribution in [0.15, 0.2) is 17.5 Å². The quantitative estimate of drug-likeness (QED) is 0.705. The van der Waals surface area contributed by atoms with E-state index < -0.39 is 0 Å². The van der Waals surface area contributed by atoms with Gasteiger partial charge in [-0.1, -0.05) is 11.6 Å². The normalized spacial score (nSPS) is 10.5. The fourth-order valence-corrected chi connectivity index (χ4v) is 2.80. The lowest BCUT2D eigenvalue weighted by Crippen LogP contribution is -1.66. The summed E-state index contributed by atoms with van der Waals surface area (Å²) in [6.07, 6.45) is 0. The lowest BCUT2D eigenvalue weighted by Gasteiger charge is -1.85. The van der Waals surface area contributed by atoms with E-state index in [0.717, 1.165) is 5.01 Å². The van der Waals surface area contributed by atoms with Crippen molar-refractivity contribution < 1.29 is 0 Å². The third-order valence-electron chi connectivity index (χ3n) is 1.43. The zero-order valence-corrected chi connectivity index (χ0v) is 8.76. The van der Waals surface area contributed by atoms with Gasteiger partial charge in [0.15, 0.2) is 0 Å². The van der Waals surface area contributed by atoms with Crippen molar-refractivity contribution in [2.45, 2.75) is 6.92 Å². The summed E-state index contributed by atoms with van der Waals surface area (Å²) >= 11 is 9.05. The molecule has 0 fully saturated rings. The number of thiazole rings is 1. The Kier molecular flexibility index (Phi) is 2.17. The van der Waals surface area contributed by atoms with Crippen LogP contribution < -0.4 is 0 Å². The Labute approximate surface area is 83.7 Å². The largest absolute Gasteiger partial charge is 0.224 e. The van der Waals surface area contributed by atoms with Crippen molar-refractivity contribution in [2.75, 3.05) is 0 Å². The highest BCUT2D eigenvalue weighted by atomic mass is 35.5. The van der Waals surface area contributed by atoms with Crippen LogP contribution in [0.5, 0.6) is 0 Å². The third kappa shape index (κ3) is 1.53. The van der Waals surface area contributed by atoms with Gasteiger partial charge in [0, 0.05) is 10.3 Å². The summed E-state index contributed by atoms with van der Waals surface area (Å²) in [7, 11) is 0. The standard InChI is InChI=1S/C8H6ClNS2/c1-5-2-3-6(12-5)8-10-7(9)4-11-8/h2-4H,1H3. The van der Waals surface area contributed by atoms with E-state index in [1.807, 2.05) is 5.38 Å². The number of hydrogen-bond donors (Lipinski definition) is 0. The predicted octanol–water partition coefficient (Wildman–Crippen LogP) is 3.83. The summed E-state index contributed by atoms with van der Waals surface area (Å²) in [5.74, 6) is 0. The van der Waals surface area contributed by atoms with Gasteiger partial charge in [-0.25, -0.2) is 4.98 Å². The Hall–Kier alpha value is -0.380. The Balaban J connectivity index is 2.43. The second-order valence-electron chi connectivity index (χ2n) is 2.39. The minimum absolute atomic E-state index is 0.584. The molecule has 62 valence electrons. The van der Waals surface area contributed by atoms with E-state index in [9.17, 15) is 0 Å². The Bertz CT molecular complexity index is 353. The molecule has 4 heteroatoms. The van der Waals surface area contributed by atoms with Crippen LogP contribution in [0.3, 0.4) is 0 Å². The van der Waals surface area contributed by atoms with Crippen LogP contribution in [0.4, 0.5) is 0 Å². The van der Waals surface area contributed by atoms with Crippen molar-refractivity contribution in [3.8, 4) is 9.88 Å². The molecule has 2 heterocycles. The molecule has 0 N–H and O–H groups in total. The molecule has 0 radical (unpaired) electrons. The summed E-state index contributed by atoms with van der Waals surface area (Å²) in [6.45, 7) is 2.09. The van der Waals surface area contributed by atoms with Crippen LogP contribution in [-0.2, 0) is 0 Å². The summed E-state index contributed by atoms with van der Waals surface area (Å²) < 4.78 is 0. The van der Waals surface area contributed by atoms with E-state index in [0.29, 0.717) is 5.15 Å². The molecule has 0 aliphatic carbocycles. The smallest absolute Gasteiger partial charge is 0.140 e. The number of rotatable bonds is 1. The van der Waals surface area contributed by atoms with E-state index in [4.69, 9.17) is 11.6 Å². The lowest BCUT2D eigenvalue weighted by molar-refractivity contribution is 1.43. The summed E-state index contributed by atoms with van der Waals surface area (Å²) in [6, 6.07) is 4.17. The zero-order valence-electron chi connectivity index (χ0n) is 6.37. The van der Waals surface area contributed by atoms with Crippen molar-refractivity contribution in [3.63, 3.8) is 0 Å². The van der Waals surface area contributed by atoms with Gasteiger partial charge in [0.05, 0.1) is 4.88 Å². The van der Waals surface area contributed by atoms with E-state index in [-0.39, 0.29) is 0 Å². The van der Waals surface area contributed by atoms with E-state index in [1.54, 1.807) is 22.7 Å². The monoisotopic (exact) mass is 215 g/mol. The molecule has 0 saturated carbocycles. The second-order valence-corrected chi connectivity index (χ2v) is 4.92. The molecule has 0 aliphatic rings. The van der Waals surface area contributed by atoms with Crippen molar-refractivity contribution in [2.24, 2.45) is 0 Å². The van der Waals surface area contributed by atoms with Gasteiger partial charge in [-0.05, 0) is 19.1 Å². The fourth-order valence-electron chi connectivity index (χ4n) is 0.917. The van der Waals surface area contributed by atoms with Gasteiger partial charge >= 0.3 is 0 Å². The van der Waals surface area contributed by atoms with Gasteiger partial charge in [0.1, 0.15) is 10.2 Å². The molecule has 0 bridgehead atoms. The van der Waals surface area contributed by atoms with Gasteiger partial charge < -0.3 is 0 Å². The molecule has 2 rings (SSSR count). The third-order valence-corrected chi connectivity index (χ3v) is 3.76. The number of aryl methyl sites for hydroxylation is 1. The van der Waals surface area contributed by atoms with Crippen LogP contribution in [0.2, 0.25) is 5.15 Å². The van der Waals surface area contributed by atoms with Crippen molar-refractivity contribution >= 4 is 34.3 Å². The molecular formula is C8H6ClNS2. The van der Waals surface area contributed by atoms with Gasteiger partial charge in [0.25, 0.3) is 0 Å². The molecule has 0 unspecified atom stereocenters. The summed E-state index contributed by atoms with van der Waals surface area (Å²) in [5, 5.41) is 3.45. The summed E-state index contributed by atoms with van der Waals surface area (Å²) in [4.78, 5) is 6.69. The molecule has 0 spiro atoms. The van der Waals surface area contributed by atoms with Gasteiger partial charge in [0.2, 0.25) is 0 Å². The van der Waals surface area contributed by atoms with Gasteiger partial charge in [-0.3, -0.25) is 0 Å². The maximum Gasteiger partial charge on any atom is 0.140 e. The van der Waals surface area contributed by atoms with Gasteiger partial charge in [-0.2, -0.15) is 0 Å². The van der Waals surface area contributed by atoms with Crippen molar-refractivity contribution in [3.05, 3.63) is 27.5 Å². The SMILES string of the molecule is Cc1ccc(-c2nc(Cl)cs2)s1. The second kappa shape index (κ2) is 3.17. The van der Waals surface area contributed by atoms with Gasteiger partial charge in [-0.15, -0.1) is 22.7 Å². The van der Waals surface area contributed by atoms with Crippen LogP contribution in [-0.4, -0.2) is 4.98 Å². The molecule has 2 aromatic rings. The molecule has 0 atom stereocenters. The Morgan fingerprint density at radius 2 is 2.25 bits per heavy atom. The van der Waals surface area contributed by atoms with Crippen molar-refractivity contribution in [1.29, 1.82) is 0 Å². The fraction of sp³-hybridized carbons (Fsp3) is 0.125. The minimum Gasteiger partial charge on any atom is -0.224 e. The zero-order chi connectivity index (χ0) is 8.55. The molecular weight excluding hydrogens is 210 g/mol. The number of thiophene rings is 1. The van der Waals surface area contributed by atoms with Crippen LogP contribution in [0.25, 0.3) is 9.88 Å². The molecule has 0 amide bonds. The minimum atomic E-state index is 0.584. The predicted molar refractivity (Wildman–Crippen MR) is 55.2 cm³/mol.